The summed E-state index contributed by atoms with van der Waals surface area (Å²) in [6.07, 6.45) is 7.38. The van der Waals surface area contributed by atoms with E-state index >= 15 is 0 Å². The van der Waals surface area contributed by atoms with Gasteiger partial charge in [0.1, 0.15) is 0 Å². The van der Waals surface area contributed by atoms with Crippen molar-refractivity contribution in [3.63, 3.8) is 0 Å². The molecular weight excluding hydrogens is 218 g/mol. The van der Waals surface area contributed by atoms with E-state index in [-0.39, 0.29) is 6.61 Å². The molecule has 0 bridgehead atoms. The largest absolute Gasteiger partial charge is 0.478 e. The van der Waals surface area contributed by atoms with Gasteiger partial charge in [-0.3, -0.25) is 4.90 Å². The summed E-state index contributed by atoms with van der Waals surface area (Å²) in [6.45, 7) is 3.26. The summed E-state index contributed by atoms with van der Waals surface area (Å²) in [7, 11) is 0. The Morgan fingerprint density at radius 3 is 2.53 bits per heavy atom. The topological polar surface area (TPSA) is 60.8 Å². The molecule has 4 heteroatoms. The molecular formula is C13H23NO3. The summed E-state index contributed by atoms with van der Waals surface area (Å²) < 4.78 is 0. The monoisotopic (exact) mass is 241 g/mol. The van der Waals surface area contributed by atoms with Crippen LogP contribution < -0.4 is 0 Å². The van der Waals surface area contributed by atoms with Crippen LogP contribution in [0.4, 0.5) is 0 Å². The molecule has 0 heterocycles. The minimum Gasteiger partial charge on any atom is -0.478 e. The second-order valence-electron chi connectivity index (χ2n) is 4.81. The summed E-state index contributed by atoms with van der Waals surface area (Å²) in [4.78, 5) is 12.8. The summed E-state index contributed by atoms with van der Waals surface area (Å²) in [5, 5.41) is 17.8. The van der Waals surface area contributed by atoms with Crippen molar-refractivity contribution in [2.75, 3.05) is 19.7 Å². The Morgan fingerprint density at radius 2 is 2.00 bits per heavy atom. The normalized spacial score (nSPS) is 18.6. The third-order valence-electron chi connectivity index (χ3n) is 3.30. The fourth-order valence-electron chi connectivity index (χ4n) is 2.54. The number of carbonyl (C=O) groups is 1. The molecule has 98 valence electrons. The molecule has 1 fully saturated rings. The number of aliphatic hydroxyl groups excluding tert-OH is 1. The number of carboxylic acids is 1. The molecule has 0 saturated heterocycles. The Bertz CT molecular complexity index is 270. The fraction of sp³-hybridized carbons (Fsp3) is 0.769. The smallest absolute Gasteiger partial charge is 0.328 e. The van der Waals surface area contributed by atoms with E-state index in [4.69, 9.17) is 10.2 Å². The van der Waals surface area contributed by atoms with E-state index < -0.39 is 5.97 Å². The first-order valence-corrected chi connectivity index (χ1v) is 6.38. The first-order chi connectivity index (χ1) is 8.13. The highest BCUT2D eigenvalue weighted by Gasteiger charge is 2.20. The summed E-state index contributed by atoms with van der Waals surface area (Å²) in [5.41, 5.74) is 0.844. The van der Waals surface area contributed by atoms with Crippen molar-refractivity contribution < 1.29 is 15.0 Å². The molecule has 0 atom stereocenters. The number of carboxylic acid groups (broad SMARTS) is 1. The van der Waals surface area contributed by atoms with Crippen LogP contribution in [0.3, 0.4) is 0 Å². The van der Waals surface area contributed by atoms with Crippen LogP contribution in [0.5, 0.6) is 0 Å². The average Bonchev–Trinajstić information content (AvgIpc) is 2.28. The lowest BCUT2D eigenvalue weighted by atomic mass is 9.94. The first kappa shape index (κ1) is 14.2. The third-order valence-corrected chi connectivity index (χ3v) is 3.30. The van der Waals surface area contributed by atoms with E-state index in [2.05, 4.69) is 4.90 Å². The molecule has 1 aliphatic carbocycles. The van der Waals surface area contributed by atoms with Crippen molar-refractivity contribution in [3.8, 4) is 0 Å². The van der Waals surface area contributed by atoms with Gasteiger partial charge in [-0.05, 0) is 19.8 Å². The Morgan fingerprint density at radius 1 is 1.35 bits per heavy atom. The number of aliphatic carboxylic acids is 1. The number of nitrogens with zero attached hydrogens (tertiary/aromatic N) is 1. The van der Waals surface area contributed by atoms with Crippen molar-refractivity contribution in [1.82, 2.24) is 4.90 Å². The van der Waals surface area contributed by atoms with Crippen molar-refractivity contribution in [2.24, 2.45) is 0 Å². The Kier molecular flexibility index (Phi) is 6.22. The fourth-order valence-corrected chi connectivity index (χ4v) is 2.54. The van der Waals surface area contributed by atoms with Crippen LogP contribution in [-0.2, 0) is 4.79 Å². The SMILES string of the molecule is CC(=CC(=O)O)CN(CCO)C1CCCCC1. The van der Waals surface area contributed by atoms with Gasteiger partial charge in [-0.1, -0.05) is 24.8 Å². The minimum atomic E-state index is -0.893. The van der Waals surface area contributed by atoms with Crippen LogP contribution in [0.25, 0.3) is 0 Å². The predicted octanol–water partition coefficient (Wildman–Crippen LogP) is 1.64. The highest BCUT2D eigenvalue weighted by atomic mass is 16.4. The van der Waals surface area contributed by atoms with E-state index in [1.807, 2.05) is 6.92 Å². The molecule has 2 N–H and O–H groups in total. The van der Waals surface area contributed by atoms with Crippen molar-refractivity contribution >= 4 is 5.97 Å². The molecule has 0 radical (unpaired) electrons. The van der Waals surface area contributed by atoms with Crippen LogP contribution in [-0.4, -0.2) is 46.8 Å². The van der Waals surface area contributed by atoms with Gasteiger partial charge in [-0.15, -0.1) is 0 Å². The number of aliphatic hydroxyl groups is 1. The van der Waals surface area contributed by atoms with Gasteiger partial charge >= 0.3 is 5.97 Å². The Hall–Kier alpha value is -0.870. The molecule has 1 aliphatic rings. The number of hydrogen-bond donors (Lipinski definition) is 2. The van der Waals surface area contributed by atoms with E-state index in [1.165, 1.54) is 38.2 Å². The molecule has 0 aromatic carbocycles. The highest BCUT2D eigenvalue weighted by Crippen LogP contribution is 2.23. The molecule has 0 amide bonds. The van der Waals surface area contributed by atoms with Crippen molar-refractivity contribution in [1.29, 1.82) is 0 Å². The van der Waals surface area contributed by atoms with Gasteiger partial charge in [-0.2, -0.15) is 0 Å². The van der Waals surface area contributed by atoms with Gasteiger partial charge in [0.25, 0.3) is 0 Å². The van der Waals surface area contributed by atoms with Gasteiger partial charge in [0.15, 0.2) is 0 Å². The van der Waals surface area contributed by atoms with Crippen LogP contribution in [0.15, 0.2) is 11.6 Å². The number of hydrogen-bond acceptors (Lipinski definition) is 3. The third kappa shape index (κ3) is 5.33. The molecule has 0 aromatic rings. The van der Waals surface area contributed by atoms with Crippen LogP contribution in [0.2, 0.25) is 0 Å². The molecule has 0 aliphatic heterocycles. The quantitative estimate of drug-likeness (QED) is 0.694. The van der Waals surface area contributed by atoms with Crippen molar-refractivity contribution in [3.05, 3.63) is 11.6 Å². The zero-order valence-electron chi connectivity index (χ0n) is 10.6. The van der Waals surface area contributed by atoms with E-state index in [9.17, 15) is 4.79 Å². The van der Waals surface area contributed by atoms with Crippen LogP contribution >= 0.6 is 0 Å². The Labute approximate surface area is 103 Å². The molecule has 4 nitrogen and oxygen atoms in total. The lowest BCUT2D eigenvalue weighted by Crippen LogP contribution is -2.39. The maximum atomic E-state index is 10.6. The lowest BCUT2D eigenvalue weighted by Gasteiger charge is -2.34. The summed E-state index contributed by atoms with van der Waals surface area (Å²) in [5.74, 6) is -0.893. The van der Waals surface area contributed by atoms with Gasteiger partial charge in [0.2, 0.25) is 0 Å². The molecule has 0 spiro atoms. The van der Waals surface area contributed by atoms with Crippen LogP contribution in [0, 0.1) is 0 Å². The minimum absolute atomic E-state index is 0.136. The van der Waals surface area contributed by atoms with Gasteiger partial charge < -0.3 is 10.2 Å². The second kappa shape index (κ2) is 7.45. The summed E-state index contributed by atoms with van der Waals surface area (Å²) in [6, 6.07) is 0.507. The maximum absolute atomic E-state index is 10.6. The lowest BCUT2D eigenvalue weighted by molar-refractivity contribution is -0.131. The summed E-state index contributed by atoms with van der Waals surface area (Å²) >= 11 is 0. The molecule has 1 saturated carbocycles. The van der Waals surface area contributed by atoms with E-state index in [0.29, 0.717) is 19.1 Å². The molecule has 0 aromatic heterocycles. The van der Waals surface area contributed by atoms with Crippen LogP contribution in [0.1, 0.15) is 39.0 Å². The Balaban J connectivity index is 2.55. The van der Waals surface area contributed by atoms with E-state index in [1.54, 1.807) is 0 Å². The first-order valence-electron chi connectivity index (χ1n) is 6.38. The van der Waals surface area contributed by atoms with E-state index in [0.717, 1.165) is 5.57 Å². The van der Waals surface area contributed by atoms with Crippen molar-refractivity contribution in [2.45, 2.75) is 45.1 Å². The number of rotatable bonds is 6. The molecule has 0 unspecified atom stereocenters. The second-order valence-corrected chi connectivity index (χ2v) is 4.81. The predicted molar refractivity (Wildman–Crippen MR) is 66.9 cm³/mol. The zero-order chi connectivity index (χ0) is 12.7. The van der Waals surface area contributed by atoms with Gasteiger partial charge in [0.05, 0.1) is 6.61 Å². The maximum Gasteiger partial charge on any atom is 0.328 e. The standard InChI is InChI=1S/C13H23NO3/c1-11(9-13(16)17)10-14(7-8-15)12-5-3-2-4-6-12/h9,12,15H,2-8,10H2,1H3,(H,16,17). The molecule has 1 rings (SSSR count). The molecule has 17 heavy (non-hydrogen) atoms. The average molecular weight is 241 g/mol. The van der Waals surface area contributed by atoms with Gasteiger partial charge in [0, 0.05) is 25.2 Å². The highest BCUT2D eigenvalue weighted by molar-refractivity contribution is 5.80. The van der Waals surface area contributed by atoms with Gasteiger partial charge in [-0.25, -0.2) is 4.79 Å². The zero-order valence-corrected chi connectivity index (χ0v) is 10.6.